The number of carbonyl (C=O) groups is 1. The molecule has 346 valence electrons. The summed E-state index contributed by atoms with van der Waals surface area (Å²) in [6.07, 6.45) is 29.7. The number of unbranched alkanes of at least 4 members (excludes halogenated alkanes) is 29. The predicted octanol–water partition coefficient (Wildman–Crippen LogP) is 9.39. The second-order valence-electron chi connectivity index (χ2n) is 17.1. The first-order valence-corrected chi connectivity index (χ1v) is 25.3. The van der Waals surface area contributed by atoms with Crippen LogP contribution in [0.25, 0.3) is 0 Å². The number of amides is 1. The first-order chi connectivity index (χ1) is 28.0. The van der Waals surface area contributed by atoms with E-state index in [0.717, 1.165) is 51.4 Å². The molecular formula is C45H89NO11S. The fourth-order valence-electron chi connectivity index (χ4n) is 7.93. The maximum atomic E-state index is 13.0. The zero-order chi connectivity index (χ0) is 42.7. The van der Waals surface area contributed by atoms with Crippen LogP contribution in [-0.4, -0.2) is 95.4 Å². The number of nitrogens with one attached hydrogen (secondary N) is 1. The highest BCUT2D eigenvalue weighted by Crippen LogP contribution is 2.26. The normalized spacial score (nSPS) is 21.0. The van der Waals surface area contributed by atoms with Crippen LogP contribution in [0, 0.1) is 0 Å². The van der Waals surface area contributed by atoms with Gasteiger partial charge >= 0.3 is 10.4 Å². The highest BCUT2D eigenvalue weighted by Gasteiger charge is 2.48. The van der Waals surface area contributed by atoms with Crippen molar-refractivity contribution in [2.24, 2.45) is 0 Å². The second kappa shape index (κ2) is 36.7. The molecule has 13 heteroatoms. The van der Waals surface area contributed by atoms with Crippen LogP contribution in [0.15, 0.2) is 0 Å². The molecule has 1 aliphatic rings. The first kappa shape index (κ1) is 55.1. The molecule has 0 bridgehead atoms. The summed E-state index contributed by atoms with van der Waals surface area (Å²) in [5, 5.41) is 44.8. The van der Waals surface area contributed by atoms with Crippen molar-refractivity contribution < 1.29 is 51.8 Å². The lowest BCUT2D eigenvalue weighted by Crippen LogP contribution is -2.61. The van der Waals surface area contributed by atoms with Crippen molar-refractivity contribution in [3.05, 3.63) is 0 Å². The van der Waals surface area contributed by atoms with Crippen LogP contribution in [0.4, 0.5) is 0 Å². The van der Waals surface area contributed by atoms with Crippen molar-refractivity contribution in [3.8, 4) is 0 Å². The van der Waals surface area contributed by atoms with Crippen LogP contribution in [-0.2, 0) is 28.9 Å². The molecule has 0 aliphatic carbocycles. The Bertz CT molecular complexity index is 1050. The molecule has 0 aromatic rings. The van der Waals surface area contributed by atoms with Gasteiger partial charge in [-0.05, 0) is 12.8 Å². The average molecular weight is 852 g/mol. The van der Waals surface area contributed by atoms with E-state index < -0.39 is 59.9 Å². The lowest BCUT2D eigenvalue weighted by atomic mass is 9.99. The molecule has 0 aromatic carbocycles. The van der Waals surface area contributed by atoms with Gasteiger partial charge in [-0.1, -0.05) is 206 Å². The fourth-order valence-corrected chi connectivity index (χ4v) is 8.44. The van der Waals surface area contributed by atoms with Gasteiger partial charge in [-0.25, -0.2) is 4.18 Å². The van der Waals surface area contributed by atoms with Crippen LogP contribution in [0.5, 0.6) is 0 Å². The molecule has 58 heavy (non-hydrogen) atoms. The Morgan fingerprint density at radius 1 is 0.621 bits per heavy atom. The zero-order valence-electron chi connectivity index (χ0n) is 36.9. The molecule has 12 nitrogen and oxygen atoms in total. The Morgan fingerprint density at radius 3 is 1.38 bits per heavy atom. The fraction of sp³-hybridized carbons (Fsp3) is 0.978. The van der Waals surface area contributed by atoms with E-state index in [-0.39, 0.29) is 12.5 Å². The van der Waals surface area contributed by atoms with E-state index in [0.29, 0.717) is 12.8 Å². The van der Waals surface area contributed by atoms with Crippen molar-refractivity contribution >= 4 is 16.3 Å². The van der Waals surface area contributed by atoms with E-state index in [2.05, 4.69) is 23.3 Å². The first-order valence-electron chi connectivity index (χ1n) is 23.9. The Morgan fingerprint density at radius 2 is 1.00 bits per heavy atom. The topological polar surface area (TPSA) is 192 Å². The van der Waals surface area contributed by atoms with Gasteiger partial charge < -0.3 is 35.2 Å². The lowest BCUT2D eigenvalue weighted by Gasteiger charge is -2.41. The summed E-state index contributed by atoms with van der Waals surface area (Å²) in [7, 11) is -5.07. The summed E-state index contributed by atoms with van der Waals surface area (Å²) in [5.41, 5.74) is 0. The summed E-state index contributed by atoms with van der Waals surface area (Å²) >= 11 is 0. The van der Waals surface area contributed by atoms with E-state index >= 15 is 0 Å². The molecular weight excluding hydrogens is 763 g/mol. The smallest absolute Gasteiger partial charge is 0.394 e. The van der Waals surface area contributed by atoms with Crippen molar-refractivity contribution in [2.75, 3.05) is 13.2 Å². The lowest BCUT2D eigenvalue weighted by molar-refractivity contribution is -0.298. The van der Waals surface area contributed by atoms with Crippen LogP contribution >= 0.6 is 0 Å². The van der Waals surface area contributed by atoms with Crippen molar-refractivity contribution in [3.63, 3.8) is 0 Å². The third-order valence-corrected chi connectivity index (χ3v) is 12.1. The number of hydrogen-bond acceptors (Lipinski definition) is 10. The minimum atomic E-state index is -5.07. The highest BCUT2D eigenvalue weighted by molar-refractivity contribution is 7.80. The van der Waals surface area contributed by atoms with Gasteiger partial charge in [-0.15, -0.1) is 0 Å². The number of hydrogen-bond donors (Lipinski definition) is 6. The summed E-state index contributed by atoms with van der Waals surface area (Å²) in [5.74, 6) is -0.227. The highest BCUT2D eigenvalue weighted by atomic mass is 32.3. The minimum Gasteiger partial charge on any atom is -0.394 e. The minimum absolute atomic E-state index is 0.227. The maximum Gasteiger partial charge on any atom is 0.397 e. The summed E-state index contributed by atoms with van der Waals surface area (Å²) < 4.78 is 47.6. The largest absolute Gasteiger partial charge is 0.397 e. The molecule has 1 fully saturated rings. The van der Waals surface area contributed by atoms with E-state index in [1.54, 1.807) is 0 Å². The van der Waals surface area contributed by atoms with Crippen molar-refractivity contribution in [2.45, 2.75) is 269 Å². The van der Waals surface area contributed by atoms with Crippen LogP contribution in [0.2, 0.25) is 0 Å². The van der Waals surface area contributed by atoms with Gasteiger partial charge in [0.05, 0.1) is 25.4 Å². The standard InChI is InChI=1S/C45H89NO11S/c1-3-5-7-9-11-13-15-16-17-18-19-20-21-22-23-25-27-29-31-33-35-41(49)46-38(39(48)34-32-30-28-26-24-14-12-10-8-6-4-2)37-55-45-43(51)44(57-58(52,53)54)42(50)40(36-47)56-45/h38-40,42-45,47-48,50-51H,3-37H2,1-2H3,(H,46,49)(H,52,53,54). The molecule has 0 aromatic heterocycles. The van der Waals surface area contributed by atoms with Crippen LogP contribution in [0.3, 0.4) is 0 Å². The van der Waals surface area contributed by atoms with Gasteiger partial charge in [0.2, 0.25) is 5.91 Å². The summed E-state index contributed by atoms with van der Waals surface area (Å²) in [6.45, 7) is 3.45. The number of carbonyl (C=O) groups excluding carboxylic acids is 1. The van der Waals surface area contributed by atoms with Crippen molar-refractivity contribution in [1.82, 2.24) is 5.32 Å². The van der Waals surface area contributed by atoms with E-state index in [9.17, 15) is 38.2 Å². The third-order valence-electron chi connectivity index (χ3n) is 11.7. The molecule has 7 unspecified atom stereocenters. The van der Waals surface area contributed by atoms with E-state index in [4.69, 9.17) is 9.47 Å². The quantitative estimate of drug-likeness (QED) is 0.0254. The number of rotatable bonds is 41. The third kappa shape index (κ3) is 29.4. The van der Waals surface area contributed by atoms with Crippen molar-refractivity contribution in [1.29, 1.82) is 0 Å². The summed E-state index contributed by atoms with van der Waals surface area (Å²) in [6, 6.07) is -0.850. The Hall–Kier alpha value is -0.900. The Labute approximate surface area is 354 Å². The molecule has 7 atom stereocenters. The zero-order valence-corrected chi connectivity index (χ0v) is 37.7. The number of ether oxygens (including phenoxy) is 2. The molecule has 1 rings (SSSR count). The maximum absolute atomic E-state index is 13.0. The number of aliphatic hydroxyl groups excluding tert-OH is 4. The van der Waals surface area contributed by atoms with E-state index in [1.807, 2.05) is 0 Å². The molecule has 6 N–H and O–H groups in total. The van der Waals surface area contributed by atoms with Gasteiger partial charge in [0.25, 0.3) is 0 Å². The van der Waals surface area contributed by atoms with Gasteiger partial charge in [0.1, 0.15) is 24.4 Å². The molecule has 0 radical (unpaired) electrons. The Balaban J connectivity index is 2.41. The van der Waals surface area contributed by atoms with Crippen LogP contribution in [0.1, 0.15) is 226 Å². The monoisotopic (exact) mass is 852 g/mol. The van der Waals surface area contributed by atoms with Crippen LogP contribution < -0.4 is 5.32 Å². The second-order valence-corrected chi connectivity index (χ2v) is 18.1. The molecule has 0 saturated carbocycles. The SMILES string of the molecule is CCCCCCCCCCCCCCCCCCCCCCC(=O)NC(COC1OC(CO)C(O)C(OS(=O)(=O)O)C1O)C(O)CCCCCCCCCCCCC. The molecule has 0 spiro atoms. The van der Waals surface area contributed by atoms with Gasteiger partial charge in [0.15, 0.2) is 6.29 Å². The molecule has 1 saturated heterocycles. The summed E-state index contributed by atoms with van der Waals surface area (Å²) in [4.78, 5) is 13.0. The van der Waals surface area contributed by atoms with Gasteiger partial charge in [-0.2, -0.15) is 8.42 Å². The van der Waals surface area contributed by atoms with Gasteiger partial charge in [-0.3, -0.25) is 9.35 Å². The molecule has 1 heterocycles. The molecule has 1 amide bonds. The molecule has 1 aliphatic heterocycles. The average Bonchev–Trinajstić information content (AvgIpc) is 3.19. The Kier molecular flexibility index (Phi) is 34.9. The van der Waals surface area contributed by atoms with Gasteiger partial charge in [0, 0.05) is 6.42 Å². The van der Waals surface area contributed by atoms with E-state index in [1.165, 1.54) is 148 Å². The predicted molar refractivity (Wildman–Crippen MR) is 232 cm³/mol. The number of aliphatic hydroxyl groups is 4.